The number of rotatable bonds is 4. The van der Waals surface area contributed by atoms with E-state index in [1.165, 1.54) is 11.1 Å². The summed E-state index contributed by atoms with van der Waals surface area (Å²) in [6.07, 6.45) is 11.4. The third-order valence-electron chi connectivity index (χ3n) is 6.93. The number of carbonyl (C=O) groups is 1. The maximum atomic E-state index is 13.5. The summed E-state index contributed by atoms with van der Waals surface area (Å²) >= 11 is 0. The highest BCUT2D eigenvalue weighted by molar-refractivity contribution is 5.97. The first kappa shape index (κ1) is 22.8. The van der Waals surface area contributed by atoms with Crippen molar-refractivity contribution in [3.05, 3.63) is 60.8 Å². The van der Waals surface area contributed by atoms with Crippen LogP contribution >= 0.6 is 0 Å². The van der Waals surface area contributed by atoms with Gasteiger partial charge in [0.25, 0.3) is 11.8 Å². The molecule has 0 spiro atoms. The van der Waals surface area contributed by atoms with Gasteiger partial charge in [0.2, 0.25) is 0 Å². The first-order valence-electron chi connectivity index (χ1n) is 12.2. The molecule has 6 rings (SSSR count). The van der Waals surface area contributed by atoms with Crippen molar-refractivity contribution in [3.63, 3.8) is 0 Å². The molecular weight excluding hydrogens is 466 g/mol. The number of amides is 1. The van der Waals surface area contributed by atoms with Crippen LogP contribution in [0.5, 0.6) is 0 Å². The molecular formula is C26H26F2N6O2. The van der Waals surface area contributed by atoms with Crippen molar-refractivity contribution in [3.8, 4) is 16.9 Å². The molecule has 0 N–H and O–H groups in total. The molecule has 0 bridgehead atoms. The van der Waals surface area contributed by atoms with Crippen LogP contribution in [0.1, 0.15) is 48.7 Å². The van der Waals surface area contributed by atoms with E-state index >= 15 is 0 Å². The fraction of sp³-hybridized carbons (Fsp3) is 0.385. The summed E-state index contributed by atoms with van der Waals surface area (Å²) in [5.74, 6) is -2.96. The molecule has 2 saturated heterocycles. The van der Waals surface area contributed by atoms with Crippen molar-refractivity contribution in [1.82, 2.24) is 29.2 Å². The molecule has 1 amide bonds. The molecule has 36 heavy (non-hydrogen) atoms. The van der Waals surface area contributed by atoms with Crippen LogP contribution in [0.4, 0.5) is 8.78 Å². The van der Waals surface area contributed by atoms with Gasteiger partial charge in [-0.15, -0.1) is 0 Å². The van der Waals surface area contributed by atoms with Gasteiger partial charge < -0.3 is 14.2 Å². The zero-order valence-electron chi connectivity index (χ0n) is 19.7. The van der Waals surface area contributed by atoms with Crippen molar-refractivity contribution in [2.24, 2.45) is 0 Å². The number of fused-ring (bicyclic) bond motifs is 1. The van der Waals surface area contributed by atoms with E-state index in [1.807, 2.05) is 39.8 Å². The van der Waals surface area contributed by atoms with E-state index in [1.54, 1.807) is 18.5 Å². The molecule has 2 aliphatic rings. The molecule has 6 heterocycles. The summed E-state index contributed by atoms with van der Waals surface area (Å²) in [6.45, 7) is 0.852. The van der Waals surface area contributed by atoms with Crippen LogP contribution in [0.15, 0.2) is 55.2 Å². The molecule has 4 aromatic heterocycles. The normalized spacial score (nSPS) is 20.1. The third-order valence-corrected chi connectivity index (χ3v) is 6.93. The number of alkyl halides is 2. The van der Waals surface area contributed by atoms with Crippen LogP contribution in [0.25, 0.3) is 28.0 Å². The number of carbonyl (C=O) groups excluding carboxylic acids is 1. The average Bonchev–Trinajstić information content (AvgIpc) is 3.56. The summed E-state index contributed by atoms with van der Waals surface area (Å²) < 4.78 is 36.6. The number of aromatic nitrogens is 5. The summed E-state index contributed by atoms with van der Waals surface area (Å²) in [5, 5.41) is 5.28. The Morgan fingerprint density at radius 3 is 2.75 bits per heavy atom. The molecule has 0 aromatic carbocycles. The predicted octanol–water partition coefficient (Wildman–Crippen LogP) is 4.85. The van der Waals surface area contributed by atoms with E-state index in [2.05, 4.69) is 15.1 Å². The monoisotopic (exact) mass is 492 g/mol. The molecule has 10 heteroatoms. The van der Waals surface area contributed by atoms with Gasteiger partial charge in [0.1, 0.15) is 11.9 Å². The van der Waals surface area contributed by atoms with E-state index in [4.69, 9.17) is 4.74 Å². The molecule has 0 aliphatic carbocycles. The lowest BCUT2D eigenvalue weighted by atomic mass is 10.1. The van der Waals surface area contributed by atoms with Crippen LogP contribution < -0.4 is 0 Å². The van der Waals surface area contributed by atoms with E-state index in [-0.39, 0.29) is 38.1 Å². The number of nitrogens with zero attached hydrogens (tertiary/aromatic N) is 6. The van der Waals surface area contributed by atoms with Gasteiger partial charge in [-0.1, -0.05) is 0 Å². The van der Waals surface area contributed by atoms with Gasteiger partial charge in [0, 0.05) is 68.3 Å². The fourth-order valence-electron chi connectivity index (χ4n) is 4.86. The van der Waals surface area contributed by atoms with Crippen LogP contribution in [-0.2, 0) is 4.74 Å². The summed E-state index contributed by atoms with van der Waals surface area (Å²) in [4.78, 5) is 23.4. The first-order chi connectivity index (χ1) is 17.5. The number of likely N-dealkylation sites (tertiary alicyclic amines) is 1. The number of hydrogen-bond donors (Lipinski definition) is 0. The molecule has 2 fully saturated rings. The molecule has 2 aliphatic heterocycles. The van der Waals surface area contributed by atoms with Gasteiger partial charge in [-0.05, 0) is 43.5 Å². The molecule has 186 valence electrons. The lowest BCUT2D eigenvalue weighted by Gasteiger charge is -2.31. The number of piperidine rings is 1. The van der Waals surface area contributed by atoms with E-state index in [9.17, 15) is 13.6 Å². The van der Waals surface area contributed by atoms with Crippen molar-refractivity contribution >= 4 is 16.9 Å². The minimum Gasteiger partial charge on any atom is -0.357 e. The van der Waals surface area contributed by atoms with Crippen LogP contribution in [0, 0.1) is 0 Å². The van der Waals surface area contributed by atoms with Crippen molar-refractivity contribution in [2.45, 2.75) is 44.3 Å². The molecule has 0 radical (unpaired) electrons. The van der Waals surface area contributed by atoms with Gasteiger partial charge in [-0.25, -0.2) is 18.4 Å². The third kappa shape index (κ3) is 4.37. The maximum Gasteiger partial charge on any atom is 0.255 e. The standard InChI is InChI=1S/C26H26F2N6O2/c27-26(28)6-10-32(11-7-26)25(35)19-13-18-5-9-33(24(18)30-15-19)21-4-8-29-22(14-21)20-16-31-34(17-20)23-3-1-2-12-36-23/h4-5,8-9,13-17,23H,1-3,6-7,10-12H2. The molecule has 1 unspecified atom stereocenters. The summed E-state index contributed by atoms with van der Waals surface area (Å²) in [6, 6.07) is 7.52. The van der Waals surface area contributed by atoms with E-state index < -0.39 is 5.92 Å². The smallest absolute Gasteiger partial charge is 0.255 e. The van der Waals surface area contributed by atoms with Crippen LogP contribution in [0.3, 0.4) is 0 Å². The minimum absolute atomic E-state index is 0.0355. The van der Waals surface area contributed by atoms with Gasteiger partial charge in [0.15, 0.2) is 0 Å². The highest BCUT2D eigenvalue weighted by Crippen LogP contribution is 2.29. The fourth-order valence-corrected chi connectivity index (χ4v) is 4.86. The topological polar surface area (TPSA) is 78.1 Å². The largest absolute Gasteiger partial charge is 0.357 e. The highest BCUT2D eigenvalue weighted by Gasteiger charge is 2.35. The Morgan fingerprint density at radius 1 is 1.08 bits per heavy atom. The zero-order chi connectivity index (χ0) is 24.7. The highest BCUT2D eigenvalue weighted by atomic mass is 19.3. The number of halogens is 2. The van der Waals surface area contributed by atoms with E-state index in [0.29, 0.717) is 11.2 Å². The molecule has 4 aromatic rings. The Bertz CT molecular complexity index is 1400. The number of ether oxygens (including phenoxy) is 1. The zero-order valence-corrected chi connectivity index (χ0v) is 19.7. The van der Waals surface area contributed by atoms with Crippen molar-refractivity contribution in [2.75, 3.05) is 19.7 Å². The van der Waals surface area contributed by atoms with Gasteiger partial charge in [0.05, 0.1) is 23.1 Å². The maximum absolute atomic E-state index is 13.5. The second-order valence-corrected chi connectivity index (χ2v) is 9.40. The van der Waals surface area contributed by atoms with Crippen LogP contribution in [-0.4, -0.2) is 60.7 Å². The van der Waals surface area contributed by atoms with E-state index in [0.717, 1.165) is 48.2 Å². The number of pyridine rings is 2. The Labute approximate surface area is 206 Å². The summed E-state index contributed by atoms with van der Waals surface area (Å²) in [5.41, 5.74) is 3.65. The second kappa shape index (κ2) is 9.09. The molecule has 0 saturated carbocycles. The van der Waals surface area contributed by atoms with Crippen molar-refractivity contribution < 1.29 is 18.3 Å². The lowest BCUT2D eigenvalue weighted by Crippen LogP contribution is -2.42. The molecule has 1 atom stereocenters. The molecule has 8 nitrogen and oxygen atoms in total. The van der Waals surface area contributed by atoms with Crippen LogP contribution in [0.2, 0.25) is 0 Å². The quantitative estimate of drug-likeness (QED) is 0.407. The summed E-state index contributed by atoms with van der Waals surface area (Å²) in [7, 11) is 0. The van der Waals surface area contributed by atoms with Gasteiger partial charge in [-0.3, -0.25) is 9.78 Å². The van der Waals surface area contributed by atoms with Crippen molar-refractivity contribution in [1.29, 1.82) is 0 Å². The number of hydrogen-bond acceptors (Lipinski definition) is 5. The Balaban J connectivity index is 1.24. The second-order valence-electron chi connectivity index (χ2n) is 9.40. The van der Waals surface area contributed by atoms with Gasteiger partial charge in [-0.2, -0.15) is 5.10 Å². The SMILES string of the molecule is O=C(c1cnc2c(ccn2-c2ccnc(-c3cnn(C4CCCCO4)c3)c2)c1)N1CCC(F)(F)CC1. The van der Waals surface area contributed by atoms with Gasteiger partial charge >= 0.3 is 0 Å². The minimum atomic E-state index is -2.69. The average molecular weight is 493 g/mol. The lowest BCUT2D eigenvalue weighted by molar-refractivity contribution is -0.0494. The Morgan fingerprint density at radius 2 is 1.94 bits per heavy atom. The predicted molar refractivity (Wildman–Crippen MR) is 129 cm³/mol. The first-order valence-corrected chi connectivity index (χ1v) is 12.2. The Hall–Kier alpha value is -3.66. The Kier molecular flexibility index (Phi) is 5.75.